The lowest BCUT2D eigenvalue weighted by Crippen LogP contribution is -2.56. The summed E-state index contributed by atoms with van der Waals surface area (Å²) < 4.78 is 54.1. The van der Waals surface area contributed by atoms with Crippen molar-refractivity contribution in [1.29, 1.82) is 0 Å². The Balaban J connectivity index is 1.84. The van der Waals surface area contributed by atoms with Crippen molar-refractivity contribution in [2.75, 3.05) is 25.1 Å². The summed E-state index contributed by atoms with van der Waals surface area (Å²) in [6.07, 6.45) is 0.147. The van der Waals surface area contributed by atoms with Crippen LogP contribution in [0, 0.1) is 5.82 Å². The van der Waals surface area contributed by atoms with Gasteiger partial charge in [-0.3, -0.25) is 13.9 Å². The largest absolute Gasteiger partial charge is 0.493 e. The standard InChI is InChI=1S/C36H39ClFN3O6S/c1-36(2,3)39-35(43)31(21-25-10-7-6-8-11-25)40(23-26-12-9-13-27(37)20-26)34(42)24-41(29-16-14-28(38)15-17-29)48(44,45)30-18-19-32(46-4)33(22-30)47-5/h6-20,22,31H,21,23-24H2,1-5H3,(H,39,43). The number of benzene rings is 4. The fourth-order valence-electron chi connectivity index (χ4n) is 5.08. The highest BCUT2D eigenvalue weighted by Gasteiger charge is 2.36. The molecule has 4 aromatic rings. The highest BCUT2D eigenvalue weighted by molar-refractivity contribution is 7.92. The van der Waals surface area contributed by atoms with E-state index in [0.717, 1.165) is 22.0 Å². The minimum atomic E-state index is -4.46. The summed E-state index contributed by atoms with van der Waals surface area (Å²) in [7, 11) is -1.66. The molecule has 0 aliphatic carbocycles. The number of carbonyl (C=O) groups excluding carboxylic acids is 2. The summed E-state index contributed by atoms with van der Waals surface area (Å²) >= 11 is 6.30. The molecule has 254 valence electrons. The van der Waals surface area contributed by atoms with Gasteiger partial charge in [0.25, 0.3) is 10.0 Å². The molecule has 0 spiro atoms. The Hall–Kier alpha value is -4.61. The third-order valence-corrected chi connectivity index (χ3v) is 9.35. The second-order valence-corrected chi connectivity index (χ2v) is 14.4. The first-order valence-corrected chi connectivity index (χ1v) is 16.9. The van der Waals surface area contributed by atoms with Gasteiger partial charge in [-0.15, -0.1) is 0 Å². The number of ether oxygens (including phenoxy) is 2. The first kappa shape index (κ1) is 36.2. The van der Waals surface area contributed by atoms with E-state index in [2.05, 4.69) is 5.32 Å². The molecule has 1 atom stereocenters. The Bertz CT molecular complexity index is 1830. The molecular weight excluding hydrogens is 657 g/mol. The second kappa shape index (κ2) is 15.5. The quantitative estimate of drug-likeness (QED) is 0.177. The maximum atomic E-state index is 14.6. The predicted molar refractivity (Wildman–Crippen MR) is 184 cm³/mol. The van der Waals surface area contributed by atoms with E-state index in [4.69, 9.17) is 21.1 Å². The van der Waals surface area contributed by atoms with Crippen LogP contribution in [0.2, 0.25) is 5.02 Å². The smallest absolute Gasteiger partial charge is 0.264 e. The fraction of sp³-hybridized carbons (Fsp3) is 0.278. The molecule has 0 saturated heterocycles. The maximum absolute atomic E-state index is 14.6. The van der Waals surface area contributed by atoms with Gasteiger partial charge in [0, 0.05) is 29.6 Å². The minimum Gasteiger partial charge on any atom is -0.493 e. The lowest BCUT2D eigenvalue weighted by atomic mass is 10.0. The summed E-state index contributed by atoms with van der Waals surface area (Å²) in [5.41, 5.74) is 0.839. The van der Waals surface area contributed by atoms with Crippen molar-refractivity contribution < 1.29 is 31.9 Å². The highest BCUT2D eigenvalue weighted by Crippen LogP contribution is 2.32. The number of carbonyl (C=O) groups is 2. The van der Waals surface area contributed by atoms with E-state index >= 15 is 0 Å². The number of halogens is 2. The number of rotatable bonds is 13. The average molecular weight is 696 g/mol. The number of sulfonamides is 1. The van der Waals surface area contributed by atoms with Gasteiger partial charge in [0.05, 0.1) is 24.8 Å². The fourth-order valence-corrected chi connectivity index (χ4v) is 6.72. The normalized spacial score (nSPS) is 12.1. The Morgan fingerprint density at radius 3 is 2.10 bits per heavy atom. The summed E-state index contributed by atoms with van der Waals surface area (Å²) in [5.74, 6) is -1.21. The Morgan fingerprint density at radius 2 is 1.50 bits per heavy atom. The molecule has 4 rings (SSSR count). The third kappa shape index (κ3) is 9.26. The van der Waals surface area contributed by atoms with Crippen LogP contribution in [-0.2, 0) is 32.6 Å². The van der Waals surface area contributed by atoms with Crippen LogP contribution < -0.4 is 19.1 Å². The van der Waals surface area contributed by atoms with Crippen molar-refractivity contribution in [2.45, 2.75) is 50.2 Å². The first-order valence-electron chi connectivity index (χ1n) is 15.1. The molecule has 0 heterocycles. The van der Waals surface area contributed by atoms with E-state index in [1.807, 2.05) is 51.1 Å². The minimum absolute atomic E-state index is 0.0426. The zero-order valence-corrected chi connectivity index (χ0v) is 29.0. The number of anilines is 1. The molecule has 0 bridgehead atoms. The molecule has 1 unspecified atom stereocenters. The number of amides is 2. The van der Waals surface area contributed by atoms with Crippen molar-refractivity contribution in [3.05, 3.63) is 119 Å². The number of nitrogens with one attached hydrogen (secondary N) is 1. The second-order valence-electron chi connectivity index (χ2n) is 12.1. The van der Waals surface area contributed by atoms with E-state index in [-0.39, 0.29) is 29.3 Å². The van der Waals surface area contributed by atoms with Gasteiger partial charge in [0.15, 0.2) is 11.5 Å². The van der Waals surface area contributed by atoms with Crippen LogP contribution in [0.1, 0.15) is 31.9 Å². The molecule has 0 aromatic heterocycles. The number of hydrogen-bond donors (Lipinski definition) is 1. The molecule has 4 aromatic carbocycles. The molecule has 48 heavy (non-hydrogen) atoms. The Morgan fingerprint density at radius 1 is 0.854 bits per heavy atom. The number of hydrogen-bond acceptors (Lipinski definition) is 6. The lowest BCUT2D eigenvalue weighted by molar-refractivity contribution is -0.140. The SMILES string of the molecule is COc1ccc(S(=O)(=O)N(CC(=O)N(Cc2cccc(Cl)c2)C(Cc2ccccc2)C(=O)NC(C)(C)C)c2ccc(F)cc2)cc1OC. The van der Waals surface area contributed by atoms with Gasteiger partial charge in [-0.2, -0.15) is 0 Å². The van der Waals surface area contributed by atoms with Gasteiger partial charge in [0.2, 0.25) is 11.8 Å². The van der Waals surface area contributed by atoms with Crippen molar-refractivity contribution in [1.82, 2.24) is 10.2 Å². The summed E-state index contributed by atoms with van der Waals surface area (Å²) in [6, 6.07) is 23.9. The van der Waals surface area contributed by atoms with Gasteiger partial charge in [0.1, 0.15) is 18.4 Å². The predicted octanol–water partition coefficient (Wildman–Crippen LogP) is 6.25. The summed E-state index contributed by atoms with van der Waals surface area (Å²) in [5, 5.41) is 3.42. The molecule has 0 aliphatic heterocycles. The van der Waals surface area contributed by atoms with Crippen LogP contribution >= 0.6 is 11.6 Å². The van der Waals surface area contributed by atoms with Gasteiger partial charge in [-0.25, -0.2) is 12.8 Å². The molecule has 0 aliphatic rings. The van der Waals surface area contributed by atoms with E-state index in [9.17, 15) is 22.4 Å². The van der Waals surface area contributed by atoms with Crippen molar-refractivity contribution in [3.8, 4) is 11.5 Å². The van der Waals surface area contributed by atoms with Crippen LogP contribution in [0.4, 0.5) is 10.1 Å². The van der Waals surface area contributed by atoms with Crippen molar-refractivity contribution in [3.63, 3.8) is 0 Å². The van der Waals surface area contributed by atoms with Crippen molar-refractivity contribution >= 4 is 39.1 Å². The number of methoxy groups -OCH3 is 2. The molecule has 9 nitrogen and oxygen atoms in total. The molecular formula is C36H39ClFN3O6S. The first-order chi connectivity index (χ1) is 22.7. The molecule has 0 saturated carbocycles. The van der Waals surface area contributed by atoms with Gasteiger partial charge in [-0.05, 0) is 80.4 Å². The zero-order chi connectivity index (χ0) is 35.1. The molecule has 0 fully saturated rings. The molecule has 2 amide bonds. The molecule has 1 N–H and O–H groups in total. The molecule has 12 heteroatoms. The van der Waals surface area contributed by atoms with E-state index in [1.165, 1.54) is 49.5 Å². The summed E-state index contributed by atoms with van der Waals surface area (Å²) in [6.45, 7) is 4.73. The van der Waals surface area contributed by atoms with E-state index < -0.39 is 45.8 Å². The van der Waals surface area contributed by atoms with Crippen LogP contribution in [0.5, 0.6) is 11.5 Å². The lowest BCUT2D eigenvalue weighted by Gasteiger charge is -2.35. The topological polar surface area (TPSA) is 105 Å². The average Bonchev–Trinajstić information content (AvgIpc) is 3.04. The third-order valence-electron chi connectivity index (χ3n) is 7.35. The van der Waals surface area contributed by atoms with Gasteiger partial charge in [-0.1, -0.05) is 54.1 Å². The van der Waals surface area contributed by atoms with Crippen molar-refractivity contribution in [2.24, 2.45) is 0 Å². The highest BCUT2D eigenvalue weighted by atomic mass is 35.5. The Labute approximate surface area is 286 Å². The van der Waals surface area contributed by atoms with Gasteiger partial charge >= 0.3 is 0 Å². The van der Waals surface area contributed by atoms with E-state index in [0.29, 0.717) is 16.3 Å². The van der Waals surface area contributed by atoms with E-state index in [1.54, 1.807) is 24.3 Å². The maximum Gasteiger partial charge on any atom is 0.264 e. The number of nitrogens with zero attached hydrogens (tertiary/aromatic N) is 2. The Kier molecular flexibility index (Phi) is 11.7. The van der Waals surface area contributed by atoms with Crippen LogP contribution in [0.25, 0.3) is 0 Å². The van der Waals surface area contributed by atoms with Crippen LogP contribution in [-0.4, -0.2) is 57.5 Å². The van der Waals surface area contributed by atoms with Gasteiger partial charge < -0.3 is 19.7 Å². The zero-order valence-electron chi connectivity index (χ0n) is 27.4. The monoisotopic (exact) mass is 695 g/mol. The van der Waals surface area contributed by atoms with Crippen LogP contribution in [0.3, 0.4) is 0 Å². The van der Waals surface area contributed by atoms with Crippen LogP contribution in [0.15, 0.2) is 102 Å². The molecule has 0 radical (unpaired) electrons. The summed E-state index contributed by atoms with van der Waals surface area (Å²) in [4.78, 5) is 29.7.